The first-order valence-electron chi connectivity index (χ1n) is 10.8. The molecule has 4 heteroatoms. The third-order valence-electron chi connectivity index (χ3n) is 4.99. The Bertz CT molecular complexity index is 516. The lowest BCUT2D eigenvalue weighted by molar-refractivity contribution is -0.116. The molecule has 0 aromatic heterocycles. The zero-order valence-electron chi connectivity index (χ0n) is 17.4. The van der Waals surface area contributed by atoms with E-state index in [0.29, 0.717) is 17.9 Å². The third kappa shape index (κ3) is 11.6. The van der Waals surface area contributed by atoms with Crippen molar-refractivity contribution in [3.05, 3.63) is 18.2 Å². The van der Waals surface area contributed by atoms with E-state index in [-0.39, 0.29) is 11.7 Å². The van der Waals surface area contributed by atoms with Crippen LogP contribution in [0.5, 0.6) is 11.5 Å². The van der Waals surface area contributed by atoms with Crippen LogP contribution in [0.25, 0.3) is 0 Å². The lowest BCUT2D eigenvalue weighted by Gasteiger charge is -2.08. The predicted molar refractivity (Wildman–Crippen MR) is 114 cm³/mol. The number of unbranched alkanes of at least 4 members (excludes halogenated alkanes) is 12. The van der Waals surface area contributed by atoms with Crippen molar-refractivity contribution >= 4 is 11.6 Å². The lowest BCUT2D eigenvalue weighted by atomic mass is 10.0. The number of aromatic hydroxyl groups is 1. The highest BCUT2D eigenvalue weighted by molar-refractivity contribution is 5.92. The maximum absolute atomic E-state index is 12.0. The molecule has 1 aromatic rings. The Morgan fingerprint density at radius 3 is 1.89 bits per heavy atom. The molecule has 0 fully saturated rings. The highest BCUT2D eigenvalue weighted by atomic mass is 16.5. The Balaban J connectivity index is 1.95. The number of phenols is 1. The molecule has 0 spiro atoms. The van der Waals surface area contributed by atoms with Gasteiger partial charge in [-0.3, -0.25) is 4.79 Å². The number of rotatable bonds is 16. The summed E-state index contributed by atoms with van der Waals surface area (Å²) >= 11 is 0. The number of ether oxygens (including phenoxy) is 1. The van der Waals surface area contributed by atoms with Gasteiger partial charge in [0.2, 0.25) is 5.91 Å². The summed E-state index contributed by atoms with van der Waals surface area (Å²) in [6, 6.07) is 4.89. The van der Waals surface area contributed by atoms with Crippen LogP contribution < -0.4 is 10.1 Å². The van der Waals surface area contributed by atoms with E-state index in [4.69, 9.17) is 4.74 Å². The molecule has 0 unspecified atom stereocenters. The first-order valence-corrected chi connectivity index (χ1v) is 10.8. The molecule has 2 N–H and O–H groups in total. The molecule has 0 bridgehead atoms. The number of nitrogens with one attached hydrogen (secondary N) is 1. The summed E-state index contributed by atoms with van der Waals surface area (Å²) < 4.78 is 5.04. The Hall–Kier alpha value is -1.71. The number of methoxy groups -OCH3 is 1. The third-order valence-corrected chi connectivity index (χ3v) is 4.99. The summed E-state index contributed by atoms with van der Waals surface area (Å²) in [6.07, 6.45) is 17.3. The Labute approximate surface area is 165 Å². The van der Waals surface area contributed by atoms with Crippen molar-refractivity contribution in [1.29, 1.82) is 0 Å². The number of hydrogen-bond acceptors (Lipinski definition) is 3. The summed E-state index contributed by atoms with van der Waals surface area (Å²) in [5, 5.41) is 12.6. The second kappa shape index (κ2) is 15.4. The van der Waals surface area contributed by atoms with Gasteiger partial charge >= 0.3 is 0 Å². The van der Waals surface area contributed by atoms with Crippen LogP contribution >= 0.6 is 0 Å². The van der Waals surface area contributed by atoms with Crippen LogP contribution in [0, 0.1) is 0 Å². The van der Waals surface area contributed by atoms with Gasteiger partial charge in [0.15, 0.2) is 0 Å². The number of amides is 1. The van der Waals surface area contributed by atoms with Crippen molar-refractivity contribution in [2.24, 2.45) is 0 Å². The molecule has 0 aliphatic carbocycles. The quantitative estimate of drug-likeness (QED) is 0.245. The molecule has 154 valence electrons. The fraction of sp³-hybridized carbons (Fsp3) is 0.696. The van der Waals surface area contributed by atoms with E-state index >= 15 is 0 Å². The molecule has 1 rings (SSSR count). The first kappa shape index (κ1) is 23.3. The van der Waals surface area contributed by atoms with E-state index in [9.17, 15) is 9.90 Å². The molecule has 0 saturated heterocycles. The molecule has 0 heterocycles. The predicted octanol–water partition coefficient (Wildman–Crippen LogP) is 6.82. The average Bonchev–Trinajstić information content (AvgIpc) is 2.67. The Morgan fingerprint density at radius 2 is 1.41 bits per heavy atom. The monoisotopic (exact) mass is 377 g/mol. The topological polar surface area (TPSA) is 58.6 Å². The molecule has 1 amide bonds. The van der Waals surface area contributed by atoms with Crippen LogP contribution in [0.3, 0.4) is 0 Å². The van der Waals surface area contributed by atoms with Gasteiger partial charge in [-0.2, -0.15) is 0 Å². The van der Waals surface area contributed by atoms with Crippen LogP contribution in [0.2, 0.25) is 0 Å². The van der Waals surface area contributed by atoms with Crippen LogP contribution in [0.4, 0.5) is 5.69 Å². The van der Waals surface area contributed by atoms with E-state index in [2.05, 4.69) is 12.2 Å². The fourth-order valence-electron chi connectivity index (χ4n) is 3.26. The minimum absolute atomic E-state index is 0.0352. The number of anilines is 1. The van der Waals surface area contributed by atoms with Gasteiger partial charge in [0.05, 0.1) is 12.8 Å². The molecule has 0 aliphatic rings. The molecule has 0 aliphatic heterocycles. The lowest BCUT2D eigenvalue weighted by Crippen LogP contribution is -2.11. The van der Waals surface area contributed by atoms with E-state index in [1.165, 1.54) is 76.7 Å². The van der Waals surface area contributed by atoms with Gasteiger partial charge in [-0.25, -0.2) is 0 Å². The van der Waals surface area contributed by atoms with Crippen molar-refractivity contribution in [1.82, 2.24) is 0 Å². The molecule has 0 atom stereocenters. The highest BCUT2D eigenvalue weighted by Crippen LogP contribution is 2.28. The SMILES string of the molecule is CCCCCCCCCCCCCCCC(=O)Nc1ccc(OC)cc1O. The summed E-state index contributed by atoms with van der Waals surface area (Å²) in [5.41, 5.74) is 0.440. The van der Waals surface area contributed by atoms with Gasteiger partial charge in [-0.05, 0) is 18.6 Å². The molecular formula is C23H39NO3. The van der Waals surface area contributed by atoms with Crippen molar-refractivity contribution in [3.8, 4) is 11.5 Å². The van der Waals surface area contributed by atoms with Gasteiger partial charge < -0.3 is 15.2 Å². The Kier molecular flexibility index (Phi) is 13.3. The minimum Gasteiger partial charge on any atom is -0.506 e. The number of hydrogen-bond donors (Lipinski definition) is 2. The number of phenolic OH excluding ortho intramolecular Hbond substituents is 1. The van der Waals surface area contributed by atoms with E-state index in [1.807, 2.05) is 0 Å². The highest BCUT2D eigenvalue weighted by Gasteiger charge is 2.07. The van der Waals surface area contributed by atoms with Gasteiger partial charge in [0, 0.05) is 12.5 Å². The van der Waals surface area contributed by atoms with Crippen LogP contribution in [0.1, 0.15) is 96.8 Å². The average molecular weight is 378 g/mol. The largest absolute Gasteiger partial charge is 0.506 e. The summed E-state index contributed by atoms with van der Waals surface area (Å²) in [5.74, 6) is 0.564. The first-order chi connectivity index (χ1) is 13.2. The molecule has 27 heavy (non-hydrogen) atoms. The maximum Gasteiger partial charge on any atom is 0.224 e. The molecule has 4 nitrogen and oxygen atoms in total. The van der Waals surface area contributed by atoms with Crippen molar-refractivity contribution in [3.63, 3.8) is 0 Å². The van der Waals surface area contributed by atoms with Gasteiger partial charge in [0.25, 0.3) is 0 Å². The summed E-state index contributed by atoms with van der Waals surface area (Å²) in [4.78, 5) is 12.0. The van der Waals surface area contributed by atoms with Crippen molar-refractivity contribution in [2.75, 3.05) is 12.4 Å². The van der Waals surface area contributed by atoms with Crippen LogP contribution in [-0.4, -0.2) is 18.1 Å². The van der Waals surface area contributed by atoms with Crippen LogP contribution in [-0.2, 0) is 4.79 Å². The second-order valence-electron chi connectivity index (χ2n) is 7.42. The molecular weight excluding hydrogens is 338 g/mol. The second-order valence-corrected chi connectivity index (χ2v) is 7.42. The minimum atomic E-state index is -0.0430. The standard InChI is InChI=1S/C23H39NO3/c1-3-4-5-6-7-8-9-10-11-12-13-14-15-16-23(26)24-21-18-17-20(27-2)19-22(21)25/h17-19,25H,3-16H2,1-2H3,(H,24,26). The van der Waals surface area contributed by atoms with Gasteiger partial charge in [-0.15, -0.1) is 0 Å². The van der Waals surface area contributed by atoms with Crippen molar-refractivity contribution in [2.45, 2.75) is 96.8 Å². The number of benzene rings is 1. The van der Waals surface area contributed by atoms with Gasteiger partial charge in [0.1, 0.15) is 11.5 Å². The number of carbonyl (C=O) groups excluding carboxylic acids is 1. The summed E-state index contributed by atoms with van der Waals surface area (Å²) in [7, 11) is 1.54. The zero-order chi connectivity index (χ0) is 19.7. The summed E-state index contributed by atoms with van der Waals surface area (Å²) in [6.45, 7) is 2.26. The van der Waals surface area contributed by atoms with E-state index < -0.39 is 0 Å². The Morgan fingerprint density at radius 1 is 0.889 bits per heavy atom. The maximum atomic E-state index is 12.0. The fourth-order valence-corrected chi connectivity index (χ4v) is 3.26. The van der Waals surface area contributed by atoms with Crippen molar-refractivity contribution < 1.29 is 14.6 Å². The number of carbonyl (C=O) groups is 1. The van der Waals surface area contributed by atoms with E-state index in [1.54, 1.807) is 19.2 Å². The van der Waals surface area contributed by atoms with Crippen LogP contribution in [0.15, 0.2) is 18.2 Å². The normalized spacial score (nSPS) is 10.7. The smallest absolute Gasteiger partial charge is 0.224 e. The molecule has 0 radical (unpaired) electrons. The molecule has 0 saturated carbocycles. The van der Waals surface area contributed by atoms with E-state index in [0.717, 1.165) is 12.8 Å². The zero-order valence-corrected chi connectivity index (χ0v) is 17.4. The molecule has 1 aromatic carbocycles. The van der Waals surface area contributed by atoms with Gasteiger partial charge in [-0.1, -0.05) is 84.0 Å².